The van der Waals surface area contributed by atoms with Crippen LogP contribution in [0.25, 0.3) is 0 Å². The van der Waals surface area contributed by atoms with E-state index in [0.29, 0.717) is 0 Å². The molecule has 0 spiro atoms. The number of nitrogens with zero attached hydrogens (tertiary/aromatic N) is 1. The van der Waals surface area contributed by atoms with Crippen LogP contribution in [0.15, 0.2) is 12.1 Å². The molecule has 0 radical (unpaired) electrons. The van der Waals surface area contributed by atoms with Crippen LogP contribution in [0, 0.1) is 22.9 Å². The molecule has 0 aliphatic heterocycles. The van der Waals surface area contributed by atoms with Gasteiger partial charge in [0, 0.05) is 18.1 Å². The van der Waals surface area contributed by atoms with Gasteiger partial charge < -0.3 is 0 Å². The summed E-state index contributed by atoms with van der Waals surface area (Å²) in [5.41, 5.74) is -0.229. The largest absolute Gasteiger partial charge is 0.294 e. The Labute approximate surface area is 85.9 Å². The van der Waals surface area contributed by atoms with Gasteiger partial charge in [-0.05, 0) is 13.0 Å². The average molecular weight is 211 g/mol. The predicted octanol–water partition coefficient (Wildman–Crippen LogP) is 2.64. The van der Waals surface area contributed by atoms with Crippen molar-refractivity contribution in [3.8, 4) is 0 Å². The summed E-state index contributed by atoms with van der Waals surface area (Å²) >= 11 is 0. The molecule has 1 rings (SSSR count). The number of halogens is 1. The third-order valence-electron chi connectivity index (χ3n) is 2.10. The molecule has 1 aromatic rings. The van der Waals surface area contributed by atoms with Crippen molar-refractivity contribution in [3.63, 3.8) is 0 Å². The van der Waals surface area contributed by atoms with E-state index in [1.54, 1.807) is 6.92 Å². The van der Waals surface area contributed by atoms with Crippen molar-refractivity contribution in [3.05, 3.63) is 39.2 Å². The first-order chi connectivity index (χ1) is 6.97. The van der Waals surface area contributed by atoms with Crippen molar-refractivity contribution in [1.82, 2.24) is 0 Å². The van der Waals surface area contributed by atoms with Gasteiger partial charge in [-0.3, -0.25) is 14.9 Å². The number of carbonyl (C=O) groups is 1. The van der Waals surface area contributed by atoms with Gasteiger partial charge >= 0.3 is 0 Å². The molecular weight excluding hydrogens is 201 g/mol. The molecule has 0 saturated carbocycles. The molecule has 5 heteroatoms. The molecule has 0 bridgehead atoms. The quantitative estimate of drug-likeness (QED) is 0.438. The minimum atomic E-state index is -0.704. The first kappa shape index (κ1) is 11.3. The number of nitro benzene ring substituents is 1. The second-order valence-corrected chi connectivity index (χ2v) is 3.15. The van der Waals surface area contributed by atoms with Crippen LogP contribution in [0.2, 0.25) is 0 Å². The Morgan fingerprint density at radius 3 is 2.60 bits per heavy atom. The number of nitro groups is 1. The zero-order chi connectivity index (χ0) is 11.6. The highest BCUT2D eigenvalue weighted by Crippen LogP contribution is 2.22. The van der Waals surface area contributed by atoms with E-state index >= 15 is 0 Å². The summed E-state index contributed by atoms with van der Waals surface area (Å²) in [6, 6.07) is 2.01. The number of aryl methyl sites for hydroxylation is 1. The van der Waals surface area contributed by atoms with Crippen LogP contribution in [0.4, 0.5) is 10.1 Å². The molecule has 0 saturated heterocycles. The fourth-order valence-corrected chi connectivity index (χ4v) is 1.26. The first-order valence-electron chi connectivity index (χ1n) is 4.45. The first-order valence-corrected chi connectivity index (χ1v) is 4.45. The van der Waals surface area contributed by atoms with Gasteiger partial charge in [0.2, 0.25) is 0 Å². The number of ketones is 1. The van der Waals surface area contributed by atoms with E-state index in [0.717, 1.165) is 12.1 Å². The number of benzene rings is 1. The van der Waals surface area contributed by atoms with Gasteiger partial charge in [-0.2, -0.15) is 0 Å². The lowest BCUT2D eigenvalue weighted by molar-refractivity contribution is -0.385. The molecule has 0 amide bonds. The molecule has 4 nitrogen and oxygen atoms in total. The third kappa shape index (κ3) is 2.18. The third-order valence-corrected chi connectivity index (χ3v) is 2.10. The van der Waals surface area contributed by atoms with Gasteiger partial charge in [0.05, 0.1) is 10.5 Å². The van der Waals surface area contributed by atoms with E-state index in [1.165, 1.54) is 6.92 Å². The highest BCUT2D eigenvalue weighted by atomic mass is 19.1. The van der Waals surface area contributed by atoms with E-state index in [9.17, 15) is 19.3 Å². The molecule has 0 N–H and O–H groups in total. The Bertz CT molecular complexity index is 429. The van der Waals surface area contributed by atoms with Crippen LogP contribution in [0.5, 0.6) is 0 Å². The molecule has 0 fully saturated rings. The van der Waals surface area contributed by atoms with Crippen LogP contribution in [0.1, 0.15) is 29.3 Å². The summed E-state index contributed by atoms with van der Waals surface area (Å²) in [5.74, 6) is -1.14. The second kappa shape index (κ2) is 4.16. The maximum Gasteiger partial charge on any atom is 0.273 e. The summed E-state index contributed by atoms with van der Waals surface area (Å²) in [6.07, 6.45) is 0.122. The Balaban J connectivity index is 3.36. The van der Waals surface area contributed by atoms with E-state index in [1.807, 2.05) is 0 Å². The smallest absolute Gasteiger partial charge is 0.273 e. The maximum atomic E-state index is 13.3. The van der Waals surface area contributed by atoms with E-state index in [-0.39, 0.29) is 23.2 Å². The monoisotopic (exact) mass is 211 g/mol. The molecule has 0 aromatic heterocycles. The minimum Gasteiger partial charge on any atom is -0.294 e. The molecule has 0 aliphatic carbocycles. The van der Waals surface area contributed by atoms with Crippen molar-refractivity contribution in [2.24, 2.45) is 0 Å². The van der Waals surface area contributed by atoms with Gasteiger partial charge in [-0.25, -0.2) is 4.39 Å². The predicted molar refractivity (Wildman–Crippen MR) is 52.4 cm³/mol. The Hall–Kier alpha value is -1.78. The van der Waals surface area contributed by atoms with Crippen molar-refractivity contribution in [2.45, 2.75) is 20.3 Å². The SMILES string of the molecule is CCC(=O)c1cc([N+](=O)[O-])c(C)cc1F. The molecule has 0 atom stereocenters. The summed E-state index contributed by atoms with van der Waals surface area (Å²) in [4.78, 5) is 21.2. The van der Waals surface area contributed by atoms with Crippen LogP contribution < -0.4 is 0 Å². The topological polar surface area (TPSA) is 60.2 Å². The fraction of sp³-hybridized carbons (Fsp3) is 0.300. The van der Waals surface area contributed by atoms with Gasteiger partial charge in [-0.15, -0.1) is 0 Å². The summed E-state index contributed by atoms with van der Waals surface area (Å²) in [5, 5.41) is 10.6. The van der Waals surface area contributed by atoms with Crippen LogP contribution in [-0.2, 0) is 0 Å². The van der Waals surface area contributed by atoms with Crippen LogP contribution in [-0.4, -0.2) is 10.7 Å². The maximum absolute atomic E-state index is 13.3. The van der Waals surface area contributed by atoms with Gasteiger partial charge in [0.25, 0.3) is 5.69 Å². The van der Waals surface area contributed by atoms with Gasteiger partial charge in [0.1, 0.15) is 5.82 Å². The summed E-state index contributed by atoms with van der Waals surface area (Å²) in [7, 11) is 0. The zero-order valence-electron chi connectivity index (χ0n) is 8.41. The highest BCUT2D eigenvalue weighted by Gasteiger charge is 2.18. The lowest BCUT2D eigenvalue weighted by Gasteiger charge is -2.02. The minimum absolute atomic E-state index is 0.122. The Morgan fingerprint density at radius 2 is 2.13 bits per heavy atom. The standard InChI is InChI=1S/C10H10FNO3/c1-3-10(13)7-5-9(12(14)15)6(2)4-8(7)11/h4-5H,3H2,1-2H3. The summed E-state index contributed by atoms with van der Waals surface area (Å²) in [6.45, 7) is 3.01. The number of carbonyl (C=O) groups excluding carboxylic acids is 1. The van der Waals surface area contributed by atoms with Crippen molar-refractivity contribution < 1.29 is 14.1 Å². The van der Waals surface area contributed by atoms with Crippen LogP contribution >= 0.6 is 0 Å². The molecule has 0 unspecified atom stereocenters. The molecule has 15 heavy (non-hydrogen) atoms. The van der Waals surface area contributed by atoms with E-state index < -0.39 is 16.5 Å². The zero-order valence-corrected chi connectivity index (χ0v) is 8.41. The highest BCUT2D eigenvalue weighted by molar-refractivity contribution is 5.96. The number of hydrogen-bond acceptors (Lipinski definition) is 3. The summed E-state index contributed by atoms with van der Waals surface area (Å²) < 4.78 is 13.3. The van der Waals surface area contributed by atoms with E-state index in [2.05, 4.69) is 0 Å². The average Bonchev–Trinajstić information content (AvgIpc) is 2.16. The molecule has 0 aliphatic rings. The number of rotatable bonds is 3. The second-order valence-electron chi connectivity index (χ2n) is 3.15. The number of Topliss-reactive ketones (excluding diaryl/α,β-unsaturated/α-hetero) is 1. The molecule has 80 valence electrons. The van der Waals surface area contributed by atoms with Crippen molar-refractivity contribution in [2.75, 3.05) is 0 Å². The van der Waals surface area contributed by atoms with Crippen LogP contribution in [0.3, 0.4) is 0 Å². The lowest BCUT2D eigenvalue weighted by atomic mass is 10.0. The normalized spacial score (nSPS) is 10.1. The van der Waals surface area contributed by atoms with E-state index in [4.69, 9.17) is 0 Å². The fourth-order valence-electron chi connectivity index (χ4n) is 1.26. The molecular formula is C10H10FNO3. The Morgan fingerprint density at radius 1 is 1.53 bits per heavy atom. The lowest BCUT2D eigenvalue weighted by Crippen LogP contribution is -2.03. The van der Waals surface area contributed by atoms with Gasteiger partial charge in [-0.1, -0.05) is 6.92 Å². The van der Waals surface area contributed by atoms with Crippen molar-refractivity contribution in [1.29, 1.82) is 0 Å². The van der Waals surface area contributed by atoms with Gasteiger partial charge in [0.15, 0.2) is 5.78 Å². The Kier molecular flexibility index (Phi) is 3.14. The number of hydrogen-bond donors (Lipinski definition) is 0. The molecule has 0 heterocycles. The molecule has 1 aromatic carbocycles. The van der Waals surface area contributed by atoms with Crippen molar-refractivity contribution >= 4 is 11.5 Å².